The van der Waals surface area contributed by atoms with Crippen LogP contribution in [-0.4, -0.2) is 24.3 Å². The Kier molecular flexibility index (Phi) is 3.47. The van der Waals surface area contributed by atoms with Crippen molar-refractivity contribution < 1.29 is 0 Å². The summed E-state index contributed by atoms with van der Waals surface area (Å²) in [7, 11) is 1.78. The van der Waals surface area contributed by atoms with Gasteiger partial charge in [0, 0.05) is 30.5 Å². The van der Waals surface area contributed by atoms with Crippen LogP contribution in [0.5, 0.6) is 0 Å². The molecule has 27 heavy (non-hydrogen) atoms. The van der Waals surface area contributed by atoms with Crippen LogP contribution < -0.4 is 5.56 Å². The number of pyridine rings is 1. The summed E-state index contributed by atoms with van der Waals surface area (Å²) >= 11 is 0. The van der Waals surface area contributed by atoms with Gasteiger partial charge in [-0.2, -0.15) is 5.10 Å². The number of aryl methyl sites for hydroxylation is 3. The van der Waals surface area contributed by atoms with Gasteiger partial charge in [-0.1, -0.05) is 12.1 Å². The zero-order chi connectivity index (χ0) is 18.5. The fraction of sp³-hybridized carbons (Fsp3) is 0.238. The summed E-state index contributed by atoms with van der Waals surface area (Å²) in [4.78, 5) is 21.0. The minimum absolute atomic E-state index is 0.111. The molecule has 134 valence electrons. The Morgan fingerprint density at radius 1 is 1.15 bits per heavy atom. The molecule has 0 atom stereocenters. The van der Waals surface area contributed by atoms with E-state index < -0.39 is 0 Å². The van der Waals surface area contributed by atoms with Crippen molar-refractivity contribution in [2.24, 2.45) is 7.05 Å². The molecule has 3 aromatic heterocycles. The van der Waals surface area contributed by atoms with Crippen molar-refractivity contribution in [2.45, 2.75) is 26.3 Å². The normalized spacial score (nSPS) is 13.3. The average molecular weight is 357 g/mol. The van der Waals surface area contributed by atoms with Gasteiger partial charge in [0.2, 0.25) is 0 Å². The van der Waals surface area contributed by atoms with E-state index in [1.165, 1.54) is 11.9 Å². The van der Waals surface area contributed by atoms with Crippen LogP contribution in [0.3, 0.4) is 0 Å². The summed E-state index contributed by atoms with van der Waals surface area (Å²) < 4.78 is 3.74. The molecule has 0 bridgehead atoms. The minimum atomic E-state index is -0.111. The van der Waals surface area contributed by atoms with E-state index in [1.54, 1.807) is 11.6 Å². The lowest BCUT2D eigenvalue weighted by atomic mass is 9.99. The third-order valence-corrected chi connectivity index (χ3v) is 5.24. The quantitative estimate of drug-likeness (QED) is 0.553. The fourth-order valence-electron chi connectivity index (χ4n) is 3.88. The zero-order valence-electron chi connectivity index (χ0n) is 15.3. The van der Waals surface area contributed by atoms with Crippen molar-refractivity contribution >= 4 is 11.0 Å². The zero-order valence-corrected chi connectivity index (χ0v) is 15.3. The molecule has 6 heteroatoms. The van der Waals surface area contributed by atoms with Crippen molar-refractivity contribution in [2.75, 3.05) is 0 Å². The van der Waals surface area contributed by atoms with Crippen LogP contribution in [0.1, 0.15) is 17.8 Å². The number of benzene rings is 1. The molecular formula is C21H19N5O. The van der Waals surface area contributed by atoms with Crippen molar-refractivity contribution in [1.29, 1.82) is 0 Å². The van der Waals surface area contributed by atoms with Crippen molar-refractivity contribution in [3.63, 3.8) is 0 Å². The number of aromatic nitrogens is 5. The molecule has 1 aliphatic rings. The van der Waals surface area contributed by atoms with E-state index in [2.05, 4.69) is 15.7 Å². The molecule has 0 fully saturated rings. The van der Waals surface area contributed by atoms with Crippen molar-refractivity contribution in [1.82, 2.24) is 24.3 Å². The number of hydrogen-bond donors (Lipinski definition) is 0. The van der Waals surface area contributed by atoms with Crippen molar-refractivity contribution in [3.8, 4) is 22.5 Å². The molecule has 6 nitrogen and oxygen atoms in total. The highest BCUT2D eigenvalue weighted by Crippen LogP contribution is 2.37. The Labute approximate surface area is 156 Å². The first-order valence-corrected chi connectivity index (χ1v) is 9.12. The van der Waals surface area contributed by atoms with Gasteiger partial charge in [0.25, 0.3) is 5.56 Å². The lowest BCUT2D eigenvalue weighted by Crippen LogP contribution is -2.16. The largest absolute Gasteiger partial charge is 0.309 e. The third-order valence-electron chi connectivity index (χ3n) is 5.24. The van der Waals surface area contributed by atoms with Crippen LogP contribution in [0.25, 0.3) is 33.5 Å². The first-order chi connectivity index (χ1) is 13.1. The molecule has 0 unspecified atom stereocenters. The molecule has 0 radical (unpaired) electrons. The van der Waals surface area contributed by atoms with Gasteiger partial charge in [0.1, 0.15) is 5.69 Å². The average Bonchev–Trinajstić information content (AvgIpc) is 3.26. The predicted molar refractivity (Wildman–Crippen MR) is 104 cm³/mol. The second-order valence-corrected chi connectivity index (χ2v) is 7.02. The summed E-state index contributed by atoms with van der Waals surface area (Å²) in [6, 6.07) is 12.1. The summed E-state index contributed by atoms with van der Waals surface area (Å²) in [6.45, 7) is 2.92. The van der Waals surface area contributed by atoms with Gasteiger partial charge in [-0.15, -0.1) is 0 Å². The molecule has 0 N–H and O–H groups in total. The van der Waals surface area contributed by atoms with Crippen LogP contribution in [0, 0.1) is 6.92 Å². The highest BCUT2D eigenvalue weighted by atomic mass is 16.1. The van der Waals surface area contributed by atoms with Gasteiger partial charge >= 0.3 is 0 Å². The fourth-order valence-corrected chi connectivity index (χ4v) is 3.88. The van der Waals surface area contributed by atoms with Gasteiger partial charge in [-0.3, -0.25) is 14.5 Å². The maximum absolute atomic E-state index is 12.0. The maximum Gasteiger partial charge on any atom is 0.269 e. The Balaban J connectivity index is 1.79. The third kappa shape index (κ3) is 2.48. The number of fused-ring (bicyclic) bond motifs is 2. The molecule has 0 amide bonds. The molecular weight excluding hydrogens is 338 g/mol. The van der Waals surface area contributed by atoms with E-state index >= 15 is 0 Å². The van der Waals surface area contributed by atoms with Crippen LogP contribution in [0.15, 0.2) is 47.4 Å². The minimum Gasteiger partial charge on any atom is -0.309 e. The lowest BCUT2D eigenvalue weighted by Gasteiger charge is -2.09. The van der Waals surface area contributed by atoms with E-state index in [9.17, 15) is 4.79 Å². The van der Waals surface area contributed by atoms with Crippen LogP contribution in [0.4, 0.5) is 0 Å². The maximum atomic E-state index is 12.0. The van der Waals surface area contributed by atoms with Crippen LogP contribution in [-0.2, 0) is 20.0 Å². The van der Waals surface area contributed by atoms with Gasteiger partial charge in [-0.05, 0) is 49.6 Å². The highest BCUT2D eigenvalue weighted by Gasteiger charge is 2.24. The Morgan fingerprint density at radius 3 is 2.89 bits per heavy atom. The summed E-state index contributed by atoms with van der Waals surface area (Å²) in [5.41, 5.74) is 7.67. The second kappa shape index (κ2) is 5.87. The van der Waals surface area contributed by atoms with E-state index in [4.69, 9.17) is 10.1 Å². The smallest absolute Gasteiger partial charge is 0.269 e. The Morgan fingerprint density at radius 2 is 2.04 bits per heavy atom. The topological polar surface area (TPSA) is 65.6 Å². The number of rotatable bonds is 2. The van der Waals surface area contributed by atoms with Crippen LogP contribution in [0.2, 0.25) is 0 Å². The monoisotopic (exact) mass is 357 g/mol. The van der Waals surface area contributed by atoms with E-state index in [1.807, 2.05) is 37.3 Å². The van der Waals surface area contributed by atoms with E-state index in [0.29, 0.717) is 0 Å². The first kappa shape index (κ1) is 15.9. The van der Waals surface area contributed by atoms with E-state index in [-0.39, 0.29) is 5.56 Å². The van der Waals surface area contributed by atoms with E-state index in [0.717, 1.165) is 58.6 Å². The molecule has 0 saturated carbocycles. The lowest BCUT2D eigenvalue weighted by molar-refractivity contribution is 0.658. The molecule has 0 saturated heterocycles. The van der Waals surface area contributed by atoms with Gasteiger partial charge < -0.3 is 4.57 Å². The van der Waals surface area contributed by atoms with Crippen LogP contribution >= 0.6 is 0 Å². The molecule has 0 aliphatic carbocycles. The molecule has 0 spiro atoms. The summed E-state index contributed by atoms with van der Waals surface area (Å²) in [5.74, 6) is 0. The second-order valence-electron chi connectivity index (χ2n) is 7.02. The molecule has 4 heterocycles. The predicted octanol–water partition coefficient (Wildman–Crippen LogP) is 3.11. The van der Waals surface area contributed by atoms with Gasteiger partial charge in [0.05, 0.1) is 22.9 Å². The highest BCUT2D eigenvalue weighted by molar-refractivity contribution is 5.87. The first-order valence-electron chi connectivity index (χ1n) is 9.12. The molecule has 4 aromatic rings. The molecule has 1 aliphatic heterocycles. The molecule has 1 aromatic carbocycles. The number of hydrogen-bond acceptors (Lipinski definition) is 4. The summed E-state index contributed by atoms with van der Waals surface area (Å²) in [6.07, 6.45) is 3.46. The SMILES string of the molecule is Cc1cccc(-c2nn3c(c2-c2ccc4ncc(=O)n(C)c4c2)CCC3)n1. The Hall–Kier alpha value is -3.28. The van der Waals surface area contributed by atoms with Gasteiger partial charge in [0.15, 0.2) is 0 Å². The summed E-state index contributed by atoms with van der Waals surface area (Å²) in [5, 5.41) is 4.87. The molecule has 5 rings (SSSR count). The number of nitrogens with zero attached hydrogens (tertiary/aromatic N) is 5. The standard InChI is InChI=1S/C21H19N5O/c1-13-5-3-6-16(23-13)21-20(17-7-4-10-26(17)24-21)14-8-9-15-18(11-14)25(2)19(27)12-22-15/h3,5-6,8-9,11-12H,4,7,10H2,1-2H3. The van der Waals surface area contributed by atoms with Gasteiger partial charge in [-0.25, -0.2) is 4.98 Å². The van der Waals surface area contributed by atoms with Crippen molar-refractivity contribution in [3.05, 3.63) is 64.3 Å². The Bertz CT molecular complexity index is 1250.